The average molecular weight is 243 g/mol. The lowest BCUT2D eigenvalue weighted by Gasteiger charge is -2.17. The molecule has 0 saturated carbocycles. The molecule has 2 rings (SSSR count). The van der Waals surface area contributed by atoms with Crippen molar-refractivity contribution in [3.05, 3.63) is 42.0 Å². The minimum absolute atomic E-state index is 0.00620. The largest absolute Gasteiger partial charge is 0.326 e. The van der Waals surface area contributed by atoms with Gasteiger partial charge in [0.25, 0.3) is 0 Å². The summed E-state index contributed by atoms with van der Waals surface area (Å²) in [6.07, 6.45) is 6.83. The lowest BCUT2D eigenvalue weighted by Crippen LogP contribution is -2.23. The Morgan fingerprint density at radius 3 is 2.78 bits per heavy atom. The van der Waals surface area contributed by atoms with E-state index in [9.17, 15) is 9.59 Å². The number of carbonyl (C=O) groups is 2. The van der Waals surface area contributed by atoms with Crippen molar-refractivity contribution in [1.29, 1.82) is 0 Å². The molecular weight excluding hydrogens is 226 g/mol. The number of Topliss-reactive ketones (excluding diaryl/α,β-unsaturated/α-hetero) is 1. The van der Waals surface area contributed by atoms with Crippen LogP contribution in [0.15, 0.2) is 36.4 Å². The van der Waals surface area contributed by atoms with Gasteiger partial charge in [-0.3, -0.25) is 9.59 Å². The van der Waals surface area contributed by atoms with Crippen molar-refractivity contribution < 1.29 is 9.59 Å². The minimum Gasteiger partial charge on any atom is -0.326 e. The Hall–Kier alpha value is -1.90. The maximum absolute atomic E-state index is 12.0. The van der Waals surface area contributed by atoms with Gasteiger partial charge in [-0.1, -0.05) is 24.3 Å². The molecule has 0 heterocycles. The number of carbonyl (C=O) groups excluding carboxylic acids is 2. The van der Waals surface area contributed by atoms with Crippen molar-refractivity contribution in [2.75, 3.05) is 5.32 Å². The van der Waals surface area contributed by atoms with Crippen molar-refractivity contribution in [1.82, 2.24) is 0 Å². The SMILES string of the molecule is CC(=O)c1cccc(NC(=O)[C@H]2CC=CCC2)c1. The van der Waals surface area contributed by atoms with Crippen LogP contribution in [0.3, 0.4) is 0 Å². The van der Waals surface area contributed by atoms with Crippen LogP contribution in [0.2, 0.25) is 0 Å². The van der Waals surface area contributed by atoms with E-state index in [1.165, 1.54) is 6.92 Å². The predicted octanol–water partition coefficient (Wildman–Crippen LogP) is 3.18. The van der Waals surface area contributed by atoms with Crippen LogP contribution >= 0.6 is 0 Å². The number of anilines is 1. The highest BCUT2D eigenvalue weighted by atomic mass is 16.2. The van der Waals surface area contributed by atoms with E-state index in [4.69, 9.17) is 0 Å². The van der Waals surface area contributed by atoms with E-state index in [0.717, 1.165) is 19.3 Å². The molecule has 18 heavy (non-hydrogen) atoms. The van der Waals surface area contributed by atoms with Gasteiger partial charge in [0.15, 0.2) is 5.78 Å². The first kappa shape index (κ1) is 12.6. The van der Waals surface area contributed by atoms with Crippen LogP contribution in [-0.4, -0.2) is 11.7 Å². The molecule has 0 aromatic heterocycles. The van der Waals surface area contributed by atoms with E-state index in [1.54, 1.807) is 18.2 Å². The van der Waals surface area contributed by atoms with Crippen LogP contribution < -0.4 is 5.32 Å². The van der Waals surface area contributed by atoms with Gasteiger partial charge < -0.3 is 5.32 Å². The Morgan fingerprint density at radius 2 is 2.11 bits per heavy atom. The molecule has 0 fully saturated rings. The summed E-state index contributed by atoms with van der Waals surface area (Å²) in [7, 11) is 0. The van der Waals surface area contributed by atoms with Crippen molar-refractivity contribution in [2.24, 2.45) is 5.92 Å². The number of ketones is 1. The molecule has 0 saturated heterocycles. The molecule has 3 nitrogen and oxygen atoms in total. The molecule has 0 unspecified atom stereocenters. The fourth-order valence-corrected chi connectivity index (χ4v) is 2.09. The molecule has 1 aliphatic rings. The van der Waals surface area contributed by atoms with Crippen molar-refractivity contribution in [3.8, 4) is 0 Å². The smallest absolute Gasteiger partial charge is 0.227 e. The molecule has 94 valence electrons. The fourth-order valence-electron chi connectivity index (χ4n) is 2.09. The molecule has 1 aromatic carbocycles. The number of hydrogen-bond acceptors (Lipinski definition) is 2. The molecule has 0 radical (unpaired) electrons. The normalized spacial score (nSPS) is 18.4. The highest BCUT2D eigenvalue weighted by molar-refractivity contribution is 5.97. The second kappa shape index (κ2) is 5.63. The first-order valence-corrected chi connectivity index (χ1v) is 6.23. The Balaban J connectivity index is 2.04. The molecule has 0 bridgehead atoms. The number of allylic oxidation sites excluding steroid dienone is 2. The lowest BCUT2D eigenvalue weighted by molar-refractivity contribution is -0.120. The van der Waals surface area contributed by atoms with E-state index < -0.39 is 0 Å². The summed E-state index contributed by atoms with van der Waals surface area (Å²) >= 11 is 0. The Labute approximate surface area is 107 Å². The maximum atomic E-state index is 12.0. The summed E-state index contributed by atoms with van der Waals surface area (Å²) < 4.78 is 0. The summed E-state index contributed by atoms with van der Waals surface area (Å²) in [6, 6.07) is 7.07. The van der Waals surface area contributed by atoms with Gasteiger partial charge in [0.05, 0.1) is 0 Å². The molecule has 1 amide bonds. The van der Waals surface area contributed by atoms with Crippen LogP contribution in [0.5, 0.6) is 0 Å². The third kappa shape index (κ3) is 3.06. The Morgan fingerprint density at radius 1 is 1.28 bits per heavy atom. The summed E-state index contributed by atoms with van der Waals surface area (Å²) in [6.45, 7) is 1.52. The molecule has 1 atom stereocenters. The minimum atomic E-state index is 0.00620. The van der Waals surface area contributed by atoms with Gasteiger partial charge >= 0.3 is 0 Å². The third-order valence-corrected chi connectivity index (χ3v) is 3.18. The lowest BCUT2D eigenvalue weighted by atomic mass is 9.93. The van der Waals surface area contributed by atoms with E-state index in [1.807, 2.05) is 6.07 Å². The molecule has 1 N–H and O–H groups in total. The second-order valence-electron chi connectivity index (χ2n) is 4.61. The summed E-state index contributed by atoms with van der Waals surface area (Å²) in [5, 5.41) is 2.88. The first-order chi connectivity index (χ1) is 8.66. The quantitative estimate of drug-likeness (QED) is 0.654. The standard InChI is InChI=1S/C15H17NO2/c1-11(17)13-8-5-9-14(10-13)16-15(18)12-6-3-2-4-7-12/h2-3,5,8-10,12H,4,6-7H2,1H3,(H,16,18)/t12-/m0/s1. The molecular formula is C15H17NO2. The zero-order chi connectivity index (χ0) is 13.0. The summed E-state index contributed by atoms with van der Waals surface area (Å²) in [4.78, 5) is 23.3. The van der Waals surface area contributed by atoms with E-state index in [-0.39, 0.29) is 17.6 Å². The van der Waals surface area contributed by atoms with Crippen molar-refractivity contribution >= 4 is 17.4 Å². The second-order valence-corrected chi connectivity index (χ2v) is 4.61. The highest BCUT2D eigenvalue weighted by Gasteiger charge is 2.18. The molecule has 1 aliphatic carbocycles. The molecule has 1 aromatic rings. The number of rotatable bonds is 3. The molecule has 3 heteroatoms. The van der Waals surface area contributed by atoms with Gasteiger partial charge in [0, 0.05) is 17.2 Å². The van der Waals surface area contributed by atoms with Gasteiger partial charge in [-0.15, -0.1) is 0 Å². The molecule has 0 aliphatic heterocycles. The number of amides is 1. The van der Waals surface area contributed by atoms with Crippen molar-refractivity contribution in [3.63, 3.8) is 0 Å². The van der Waals surface area contributed by atoms with Gasteiger partial charge in [-0.05, 0) is 38.3 Å². The number of hydrogen-bond donors (Lipinski definition) is 1. The average Bonchev–Trinajstić information content (AvgIpc) is 2.40. The topological polar surface area (TPSA) is 46.2 Å². The first-order valence-electron chi connectivity index (χ1n) is 6.23. The van der Waals surface area contributed by atoms with Gasteiger partial charge in [-0.25, -0.2) is 0 Å². The van der Waals surface area contributed by atoms with E-state index in [0.29, 0.717) is 11.3 Å². The predicted molar refractivity (Wildman–Crippen MR) is 71.6 cm³/mol. The van der Waals surface area contributed by atoms with E-state index in [2.05, 4.69) is 17.5 Å². The fraction of sp³-hybridized carbons (Fsp3) is 0.333. The zero-order valence-electron chi connectivity index (χ0n) is 10.5. The summed E-state index contributed by atoms with van der Waals surface area (Å²) in [5.41, 5.74) is 1.32. The van der Waals surface area contributed by atoms with Crippen LogP contribution in [0.1, 0.15) is 36.5 Å². The summed E-state index contributed by atoms with van der Waals surface area (Å²) in [5.74, 6) is 0.0998. The van der Waals surface area contributed by atoms with Crippen LogP contribution in [-0.2, 0) is 4.79 Å². The third-order valence-electron chi connectivity index (χ3n) is 3.18. The van der Waals surface area contributed by atoms with Gasteiger partial charge in [0.1, 0.15) is 0 Å². The number of nitrogens with one attached hydrogen (secondary N) is 1. The van der Waals surface area contributed by atoms with Crippen molar-refractivity contribution in [2.45, 2.75) is 26.2 Å². The maximum Gasteiger partial charge on any atom is 0.227 e. The van der Waals surface area contributed by atoms with Crippen LogP contribution in [0.25, 0.3) is 0 Å². The monoisotopic (exact) mass is 243 g/mol. The van der Waals surface area contributed by atoms with Crippen LogP contribution in [0.4, 0.5) is 5.69 Å². The van der Waals surface area contributed by atoms with Gasteiger partial charge in [-0.2, -0.15) is 0 Å². The zero-order valence-corrected chi connectivity index (χ0v) is 10.5. The Kier molecular flexibility index (Phi) is 3.92. The van der Waals surface area contributed by atoms with Gasteiger partial charge in [0.2, 0.25) is 5.91 Å². The Bertz CT molecular complexity index is 491. The molecule has 0 spiro atoms. The highest BCUT2D eigenvalue weighted by Crippen LogP contribution is 2.20. The van der Waals surface area contributed by atoms with Crippen LogP contribution in [0, 0.1) is 5.92 Å². The number of benzene rings is 1. The van der Waals surface area contributed by atoms with E-state index >= 15 is 0 Å².